The van der Waals surface area contributed by atoms with E-state index in [2.05, 4.69) is 10.5 Å². The minimum atomic E-state index is -0.142. The molecule has 0 saturated carbocycles. The Kier molecular flexibility index (Phi) is 4.44. The Labute approximate surface area is 150 Å². The van der Waals surface area contributed by atoms with Crippen molar-refractivity contribution in [2.24, 2.45) is 5.10 Å². The molecule has 0 radical (unpaired) electrons. The summed E-state index contributed by atoms with van der Waals surface area (Å²) in [6.45, 7) is 2.98. The summed E-state index contributed by atoms with van der Waals surface area (Å²) in [6.07, 6.45) is 4.60. The summed E-state index contributed by atoms with van der Waals surface area (Å²) in [6, 6.07) is 7.70. The van der Waals surface area contributed by atoms with Crippen LogP contribution in [0.5, 0.6) is 11.5 Å². The molecular weight excluding hydrogens is 336 g/mol. The topological polar surface area (TPSA) is 59.9 Å². The molecule has 1 N–H and O–H groups in total. The number of carbonyl (C=O) groups is 1. The standard InChI is InChI=1S/C19H20N2O3S/c1-12(13-6-7-15-16(10-13)24-9-8-23-15)20-21-19(22)18-11-14-4-2-3-5-17(14)25-18/h6-7,10-11H,2-5,8-9H2,1H3,(H,21,22)/b20-12+. The van der Waals surface area contributed by atoms with Crippen molar-refractivity contribution in [1.82, 2.24) is 5.43 Å². The maximum Gasteiger partial charge on any atom is 0.281 e. The summed E-state index contributed by atoms with van der Waals surface area (Å²) in [5.74, 6) is 1.32. The third kappa shape index (κ3) is 3.39. The number of thiophene rings is 1. The van der Waals surface area contributed by atoms with Gasteiger partial charge in [-0.3, -0.25) is 4.79 Å². The highest BCUT2D eigenvalue weighted by atomic mass is 32.1. The molecule has 0 fully saturated rings. The van der Waals surface area contributed by atoms with Gasteiger partial charge in [-0.2, -0.15) is 5.10 Å². The van der Waals surface area contributed by atoms with E-state index >= 15 is 0 Å². The van der Waals surface area contributed by atoms with Gasteiger partial charge in [0.15, 0.2) is 11.5 Å². The fraction of sp³-hybridized carbons (Fsp3) is 0.368. The van der Waals surface area contributed by atoms with Gasteiger partial charge in [-0.1, -0.05) is 0 Å². The molecule has 6 heteroatoms. The van der Waals surface area contributed by atoms with Gasteiger partial charge in [0.1, 0.15) is 13.2 Å². The van der Waals surface area contributed by atoms with E-state index in [9.17, 15) is 4.79 Å². The van der Waals surface area contributed by atoms with Gasteiger partial charge in [0.05, 0.1) is 10.6 Å². The van der Waals surface area contributed by atoms with E-state index in [1.807, 2.05) is 31.2 Å². The van der Waals surface area contributed by atoms with Crippen LogP contribution in [-0.4, -0.2) is 24.8 Å². The van der Waals surface area contributed by atoms with Gasteiger partial charge in [0.25, 0.3) is 5.91 Å². The lowest BCUT2D eigenvalue weighted by Gasteiger charge is -2.18. The molecule has 0 saturated heterocycles. The Hall–Kier alpha value is -2.34. The number of hydrogen-bond donors (Lipinski definition) is 1. The zero-order chi connectivity index (χ0) is 17.2. The highest BCUT2D eigenvalue weighted by molar-refractivity contribution is 7.14. The predicted octanol–water partition coefficient (Wildman–Crippen LogP) is 3.55. The van der Waals surface area contributed by atoms with Crippen molar-refractivity contribution in [3.63, 3.8) is 0 Å². The number of ether oxygens (including phenoxy) is 2. The van der Waals surface area contributed by atoms with Gasteiger partial charge < -0.3 is 9.47 Å². The highest BCUT2D eigenvalue weighted by Crippen LogP contribution is 2.31. The van der Waals surface area contributed by atoms with E-state index in [-0.39, 0.29) is 5.91 Å². The number of rotatable bonds is 3. The third-order valence-electron chi connectivity index (χ3n) is 4.51. The Bertz CT molecular complexity index is 818. The number of nitrogens with zero attached hydrogens (tertiary/aromatic N) is 1. The molecule has 4 rings (SSSR count). The fourth-order valence-corrected chi connectivity index (χ4v) is 4.27. The van der Waals surface area contributed by atoms with Crippen LogP contribution in [-0.2, 0) is 12.8 Å². The number of carbonyl (C=O) groups excluding carboxylic acids is 1. The molecule has 1 amide bonds. The van der Waals surface area contributed by atoms with Crippen LogP contribution in [0.15, 0.2) is 29.4 Å². The maximum atomic E-state index is 12.4. The first-order valence-electron chi connectivity index (χ1n) is 8.57. The largest absolute Gasteiger partial charge is 0.486 e. The number of aryl methyl sites for hydroxylation is 2. The summed E-state index contributed by atoms with van der Waals surface area (Å²) in [7, 11) is 0. The summed E-state index contributed by atoms with van der Waals surface area (Å²) in [4.78, 5) is 14.5. The van der Waals surface area contributed by atoms with Crippen molar-refractivity contribution in [3.05, 3.63) is 45.1 Å². The minimum absolute atomic E-state index is 0.142. The molecule has 2 aromatic rings. The quantitative estimate of drug-likeness (QED) is 0.676. The van der Waals surface area contributed by atoms with Gasteiger partial charge in [0, 0.05) is 10.4 Å². The number of amides is 1. The summed E-state index contributed by atoms with van der Waals surface area (Å²) in [5.41, 5.74) is 5.63. The molecule has 2 heterocycles. The SMILES string of the molecule is C/C(=N\NC(=O)c1cc2c(s1)CCCC2)c1ccc2c(c1)OCCO2. The van der Waals surface area contributed by atoms with E-state index < -0.39 is 0 Å². The van der Waals surface area contributed by atoms with Crippen LogP contribution in [0.3, 0.4) is 0 Å². The second-order valence-electron chi connectivity index (χ2n) is 6.26. The average Bonchev–Trinajstić information content (AvgIpc) is 3.09. The van der Waals surface area contributed by atoms with Crippen LogP contribution in [0.4, 0.5) is 0 Å². The smallest absolute Gasteiger partial charge is 0.281 e. The molecule has 1 aliphatic heterocycles. The van der Waals surface area contributed by atoms with Crippen LogP contribution in [0, 0.1) is 0 Å². The normalized spacial score (nSPS) is 16.3. The molecule has 0 atom stereocenters. The van der Waals surface area contributed by atoms with Gasteiger partial charge in [-0.25, -0.2) is 5.43 Å². The first-order valence-corrected chi connectivity index (χ1v) is 9.38. The Balaban J connectivity index is 1.47. The first kappa shape index (κ1) is 16.1. The number of benzene rings is 1. The fourth-order valence-electron chi connectivity index (χ4n) is 3.13. The maximum absolute atomic E-state index is 12.4. The van der Waals surface area contributed by atoms with Crippen LogP contribution < -0.4 is 14.9 Å². The predicted molar refractivity (Wildman–Crippen MR) is 98.1 cm³/mol. The van der Waals surface area contributed by atoms with E-state index in [0.717, 1.165) is 40.5 Å². The zero-order valence-electron chi connectivity index (χ0n) is 14.1. The molecule has 1 aromatic carbocycles. The lowest BCUT2D eigenvalue weighted by atomic mass is 9.99. The van der Waals surface area contributed by atoms with Gasteiger partial charge in [-0.05, 0) is 62.4 Å². The number of hydrazone groups is 1. The molecule has 1 aliphatic carbocycles. The third-order valence-corrected chi connectivity index (χ3v) is 5.74. The Morgan fingerprint density at radius 1 is 1.12 bits per heavy atom. The lowest BCUT2D eigenvalue weighted by molar-refractivity contribution is 0.0959. The molecular formula is C19H20N2O3S. The molecule has 5 nitrogen and oxygen atoms in total. The number of nitrogens with one attached hydrogen (secondary N) is 1. The molecule has 0 spiro atoms. The van der Waals surface area contributed by atoms with E-state index in [1.165, 1.54) is 23.3 Å². The molecule has 1 aromatic heterocycles. The van der Waals surface area contributed by atoms with E-state index in [0.29, 0.717) is 13.2 Å². The molecule has 0 bridgehead atoms. The second kappa shape index (κ2) is 6.88. The van der Waals surface area contributed by atoms with Gasteiger partial charge in [0.2, 0.25) is 0 Å². The van der Waals surface area contributed by atoms with Gasteiger partial charge in [-0.15, -0.1) is 11.3 Å². The van der Waals surface area contributed by atoms with Crippen molar-refractivity contribution in [2.45, 2.75) is 32.6 Å². The zero-order valence-corrected chi connectivity index (χ0v) is 14.9. The van der Waals surface area contributed by atoms with E-state index in [4.69, 9.17) is 9.47 Å². The van der Waals surface area contributed by atoms with Crippen molar-refractivity contribution >= 4 is 23.0 Å². The average molecular weight is 356 g/mol. The molecule has 2 aliphatic rings. The first-order chi connectivity index (χ1) is 12.2. The van der Waals surface area contributed by atoms with Crippen molar-refractivity contribution in [2.75, 3.05) is 13.2 Å². The van der Waals surface area contributed by atoms with Crippen molar-refractivity contribution in [3.8, 4) is 11.5 Å². The molecule has 130 valence electrons. The highest BCUT2D eigenvalue weighted by Gasteiger charge is 2.17. The summed E-state index contributed by atoms with van der Waals surface area (Å²) >= 11 is 1.59. The number of fused-ring (bicyclic) bond motifs is 2. The van der Waals surface area contributed by atoms with Crippen LogP contribution >= 0.6 is 11.3 Å². The summed E-state index contributed by atoms with van der Waals surface area (Å²) < 4.78 is 11.1. The van der Waals surface area contributed by atoms with Gasteiger partial charge >= 0.3 is 0 Å². The van der Waals surface area contributed by atoms with Crippen LogP contribution in [0.25, 0.3) is 0 Å². The minimum Gasteiger partial charge on any atom is -0.486 e. The Morgan fingerprint density at radius 2 is 1.92 bits per heavy atom. The molecule has 0 unspecified atom stereocenters. The van der Waals surface area contributed by atoms with Crippen molar-refractivity contribution < 1.29 is 14.3 Å². The second-order valence-corrected chi connectivity index (χ2v) is 7.40. The lowest BCUT2D eigenvalue weighted by Crippen LogP contribution is -2.18. The van der Waals surface area contributed by atoms with Crippen molar-refractivity contribution in [1.29, 1.82) is 0 Å². The molecule has 25 heavy (non-hydrogen) atoms. The number of hydrogen-bond acceptors (Lipinski definition) is 5. The van der Waals surface area contributed by atoms with Crippen LogP contribution in [0.1, 0.15) is 45.4 Å². The van der Waals surface area contributed by atoms with Crippen LogP contribution in [0.2, 0.25) is 0 Å². The summed E-state index contributed by atoms with van der Waals surface area (Å²) in [5, 5.41) is 4.25. The Morgan fingerprint density at radius 3 is 2.76 bits per heavy atom. The monoisotopic (exact) mass is 356 g/mol. The van der Waals surface area contributed by atoms with E-state index in [1.54, 1.807) is 11.3 Å².